The number of rotatable bonds is 6. The van der Waals surface area contributed by atoms with Crippen molar-refractivity contribution >= 4 is 32.7 Å². The third-order valence-corrected chi connectivity index (χ3v) is 6.17. The lowest BCUT2D eigenvalue weighted by molar-refractivity contribution is 0.0952. The molecule has 170 valence electrons. The average Bonchev–Trinajstić information content (AvgIpc) is 3.16. The van der Waals surface area contributed by atoms with Crippen LogP contribution in [0.3, 0.4) is 0 Å². The minimum Gasteiger partial charge on any atom is -0.348 e. The Bertz CT molecular complexity index is 1400. The monoisotopic (exact) mass is 506 g/mol. The van der Waals surface area contributed by atoms with Gasteiger partial charge in [0, 0.05) is 63.3 Å². The van der Waals surface area contributed by atoms with Gasteiger partial charge < -0.3 is 14.9 Å². The number of carbonyl (C=O) groups is 1. The molecule has 3 aromatic heterocycles. The number of aromatic amines is 1. The van der Waals surface area contributed by atoms with Crippen molar-refractivity contribution in [3.05, 3.63) is 97.3 Å². The molecule has 0 spiro atoms. The number of hydrogen-bond donors (Lipinski definition) is 2. The van der Waals surface area contributed by atoms with Gasteiger partial charge >= 0.3 is 0 Å². The molecular weight excluding hydrogens is 480 g/mol. The minimum atomic E-state index is -0.220. The molecule has 0 unspecified atom stereocenters. The molecule has 1 aromatic carbocycles. The van der Waals surface area contributed by atoms with Crippen LogP contribution in [0.4, 0.5) is 0 Å². The van der Waals surface area contributed by atoms with Gasteiger partial charge in [-0.1, -0.05) is 22.0 Å². The molecule has 33 heavy (non-hydrogen) atoms. The Labute approximate surface area is 201 Å². The van der Waals surface area contributed by atoms with E-state index < -0.39 is 0 Å². The topological polar surface area (TPSA) is 79.8 Å². The standard InChI is InChI=1S/C26H27BrN4O2/c1-15(2)31-9-8-21-22(12-19(27)13-24(21)31)25(32)28-14-23-18(10-17(4)30-26(23)33)11-20-7-5-6-16(3)29-20/h5-10,12-13,15H,11,14H2,1-4H3,(H,28,32)(H,30,33). The van der Waals surface area contributed by atoms with Crippen molar-refractivity contribution in [1.82, 2.24) is 19.9 Å². The van der Waals surface area contributed by atoms with Crippen LogP contribution in [0.5, 0.6) is 0 Å². The van der Waals surface area contributed by atoms with Gasteiger partial charge in [-0.15, -0.1) is 0 Å². The molecule has 0 saturated heterocycles. The van der Waals surface area contributed by atoms with E-state index in [4.69, 9.17) is 0 Å². The zero-order valence-corrected chi connectivity index (χ0v) is 20.8. The van der Waals surface area contributed by atoms with Crippen molar-refractivity contribution in [2.75, 3.05) is 0 Å². The molecule has 0 radical (unpaired) electrons. The molecule has 3 heterocycles. The van der Waals surface area contributed by atoms with Gasteiger partial charge in [0.1, 0.15) is 0 Å². The van der Waals surface area contributed by atoms with Gasteiger partial charge in [-0.05, 0) is 69.7 Å². The zero-order valence-electron chi connectivity index (χ0n) is 19.2. The Hall–Kier alpha value is -3.19. The van der Waals surface area contributed by atoms with Crippen LogP contribution in [0.1, 0.15) is 58.5 Å². The summed E-state index contributed by atoms with van der Waals surface area (Å²) < 4.78 is 2.97. The SMILES string of the molecule is Cc1cccc(Cc2cc(C)[nH]c(=O)c2CNC(=O)c2cc(Br)cc3c2ccn3C(C)C)n1. The van der Waals surface area contributed by atoms with E-state index in [1.807, 2.05) is 62.5 Å². The average molecular weight is 507 g/mol. The van der Waals surface area contributed by atoms with Crippen LogP contribution in [-0.2, 0) is 13.0 Å². The van der Waals surface area contributed by atoms with Gasteiger partial charge in [0.15, 0.2) is 0 Å². The van der Waals surface area contributed by atoms with E-state index in [1.54, 1.807) is 0 Å². The molecule has 4 aromatic rings. The third-order valence-electron chi connectivity index (χ3n) is 5.71. The maximum absolute atomic E-state index is 13.2. The zero-order chi connectivity index (χ0) is 23.7. The molecular formula is C26H27BrN4O2. The predicted molar refractivity (Wildman–Crippen MR) is 135 cm³/mol. The highest BCUT2D eigenvalue weighted by Crippen LogP contribution is 2.28. The van der Waals surface area contributed by atoms with Crippen LogP contribution in [0.2, 0.25) is 0 Å². The molecule has 7 heteroatoms. The van der Waals surface area contributed by atoms with Gasteiger partial charge in [0.2, 0.25) is 0 Å². The lowest BCUT2D eigenvalue weighted by Gasteiger charge is -2.13. The Balaban J connectivity index is 1.63. The Morgan fingerprint density at radius 1 is 1.18 bits per heavy atom. The van der Waals surface area contributed by atoms with Gasteiger partial charge in [-0.25, -0.2) is 0 Å². The van der Waals surface area contributed by atoms with E-state index in [-0.39, 0.29) is 24.1 Å². The van der Waals surface area contributed by atoms with Crippen LogP contribution in [0.25, 0.3) is 10.9 Å². The number of benzene rings is 1. The van der Waals surface area contributed by atoms with Crippen molar-refractivity contribution < 1.29 is 4.79 Å². The summed E-state index contributed by atoms with van der Waals surface area (Å²) in [5, 5.41) is 3.84. The summed E-state index contributed by atoms with van der Waals surface area (Å²) in [6.45, 7) is 8.14. The fourth-order valence-corrected chi connectivity index (χ4v) is 4.60. The molecule has 0 fully saturated rings. The summed E-state index contributed by atoms with van der Waals surface area (Å²) in [5.41, 5.74) is 5.37. The number of halogens is 1. The van der Waals surface area contributed by atoms with Crippen LogP contribution in [-0.4, -0.2) is 20.4 Å². The number of fused-ring (bicyclic) bond motifs is 1. The van der Waals surface area contributed by atoms with Crippen molar-refractivity contribution in [2.24, 2.45) is 0 Å². The van der Waals surface area contributed by atoms with E-state index in [0.717, 1.165) is 38.0 Å². The fraction of sp³-hybridized carbons (Fsp3) is 0.269. The second-order valence-electron chi connectivity index (χ2n) is 8.62. The van der Waals surface area contributed by atoms with Gasteiger partial charge in [0.25, 0.3) is 11.5 Å². The normalized spacial score (nSPS) is 11.3. The number of nitrogens with one attached hydrogen (secondary N) is 2. The highest BCUT2D eigenvalue weighted by molar-refractivity contribution is 9.10. The van der Waals surface area contributed by atoms with Crippen molar-refractivity contribution in [3.63, 3.8) is 0 Å². The number of carbonyl (C=O) groups excluding carboxylic acids is 1. The van der Waals surface area contributed by atoms with E-state index >= 15 is 0 Å². The molecule has 1 amide bonds. The van der Waals surface area contributed by atoms with Crippen molar-refractivity contribution in [1.29, 1.82) is 0 Å². The molecule has 0 aliphatic carbocycles. The van der Waals surface area contributed by atoms with Crippen molar-refractivity contribution in [2.45, 2.75) is 46.7 Å². The second-order valence-corrected chi connectivity index (χ2v) is 9.53. The Morgan fingerprint density at radius 3 is 2.70 bits per heavy atom. The Kier molecular flexibility index (Phi) is 6.51. The molecule has 6 nitrogen and oxygen atoms in total. The molecule has 0 saturated carbocycles. The summed E-state index contributed by atoms with van der Waals surface area (Å²) >= 11 is 3.53. The van der Waals surface area contributed by atoms with E-state index in [9.17, 15) is 9.59 Å². The Morgan fingerprint density at radius 2 is 1.97 bits per heavy atom. The lowest BCUT2D eigenvalue weighted by Crippen LogP contribution is -2.28. The quantitative estimate of drug-likeness (QED) is 0.376. The summed E-state index contributed by atoms with van der Waals surface area (Å²) in [6.07, 6.45) is 2.52. The number of aromatic nitrogens is 3. The number of amides is 1. The van der Waals surface area contributed by atoms with Gasteiger partial charge in [-0.2, -0.15) is 0 Å². The van der Waals surface area contributed by atoms with Crippen LogP contribution in [0, 0.1) is 13.8 Å². The lowest BCUT2D eigenvalue weighted by atomic mass is 10.0. The molecule has 4 rings (SSSR count). The van der Waals surface area contributed by atoms with E-state index in [2.05, 4.69) is 49.6 Å². The van der Waals surface area contributed by atoms with E-state index in [1.165, 1.54) is 0 Å². The van der Waals surface area contributed by atoms with E-state index in [0.29, 0.717) is 17.5 Å². The van der Waals surface area contributed by atoms with Crippen molar-refractivity contribution in [3.8, 4) is 0 Å². The number of hydrogen-bond acceptors (Lipinski definition) is 3. The smallest absolute Gasteiger partial charge is 0.253 e. The third kappa shape index (κ3) is 4.93. The summed E-state index contributed by atoms with van der Waals surface area (Å²) in [5.74, 6) is -0.220. The highest BCUT2D eigenvalue weighted by atomic mass is 79.9. The summed E-state index contributed by atoms with van der Waals surface area (Å²) in [6, 6.07) is 13.9. The minimum absolute atomic E-state index is 0.133. The maximum Gasteiger partial charge on any atom is 0.253 e. The van der Waals surface area contributed by atoms with Crippen LogP contribution >= 0.6 is 15.9 Å². The number of H-pyrrole nitrogens is 1. The first-order chi connectivity index (χ1) is 15.7. The summed E-state index contributed by atoms with van der Waals surface area (Å²) in [4.78, 5) is 33.4. The predicted octanol–water partition coefficient (Wildman–Crippen LogP) is 5.21. The first kappa shape index (κ1) is 23.0. The fourth-order valence-electron chi connectivity index (χ4n) is 4.16. The first-order valence-electron chi connectivity index (χ1n) is 11.0. The summed E-state index contributed by atoms with van der Waals surface area (Å²) in [7, 11) is 0. The first-order valence-corrected chi connectivity index (χ1v) is 11.7. The number of aryl methyl sites for hydroxylation is 2. The van der Waals surface area contributed by atoms with Crippen LogP contribution in [0.15, 0.2) is 57.9 Å². The number of nitrogens with zero attached hydrogens (tertiary/aromatic N) is 2. The molecule has 0 bridgehead atoms. The second kappa shape index (κ2) is 9.35. The largest absolute Gasteiger partial charge is 0.348 e. The molecule has 0 aliphatic rings. The molecule has 0 atom stereocenters. The van der Waals surface area contributed by atoms with Crippen LogP contribution < -0.4 is 10.9 Å². The highest BCUT2D eigenvalue weighted by Gasteiger charge is 2.17. The maximum atomic E-state index is 13.2. The molecule has 2 N–H and O–H groups in total. The molecule has 0 aliphatic heterocycles. The van der Waals surface area contributed by atoms with Gasteiger partial charge in [-0.3, -0.25) is 14.6 Å². The van der Waals surface area contributed by atoms with Gasteiger partial charge in [0.05, 0.1) is 5.52 Å². The number of pyridine rings is 2.